The first-order valence-electron chi connectivity index (χ1n) is 6.88. The van der Waals surface area contributed by atoms with E-state index < -0.39 is 0 Å². The van der Waals surface area contributed by atoms with Crippen molar-refractivity contribution in [1.82, 2.24) is 0 Å². The molecule has 1 atom stereocenters. The summed E-state index contributed by atoms with van der Waals surface area (Å²) in [5.74, 6) is 0. The van der Waals surface area contributed by atoms with Gasteiger partial charge in [-0.2, -0.15) is 11.8 Å². The molecule has 0 aliphatic carbocycles. The summed E-state index contributed by atoms with van der Waals surface area (Å²) in [7, 11) is 0. The fraction of sp³-hybridized carbons (Fsp3) is 0.571. The van der Waals surface area contributed by atoms with Crippen LogP contribution in [-0.4, -0.2) is 29.5 Å². The largest absolute Gasteiger partial charge is 0.379 e. The molecule has 1 aromatic carbocycles. The third-order valence-electron chi connectivity index (χ3n) is 3.05. The van der Waals surface area contributed by atoms with Crippen LogP contribution in [0, 0.1) is 10.1 Å². The van der Waals surface area contributed by atoms with E-state index in [0.717, 1.165) is 25.9 Å². The van der Waals surface area contributed by atoms with Gasteiger partial charge in [-0.05, 0) is 31.2 Å². The molecule has 0 spiro atoms. The number of nitrogens with zero attached hydrogens (tertiary/aromatic N) is 1. The van der Waals surface area contributed by atoms with Gasteiger partial charge in [-0.25, -0.2) is 0 Å². The zero-order valence-electron chi connectivity index (χ0n) is 12.3. The Balaban J connectivity index is 2.81. The Bertz CT molecular complexity index is 440. The molecule has 0 fully saturated rings. The summed E-state index contributed by atoms with van der Waals surface area (Å²) in [5, 5.41) is 18.1. The maximum atomic E-state index is 11.3. The lowest BCUT2D eigenvalue weighted by Gasteiger charge is -2.13. The van der Waals surface area contributed by atoms with E-state index >= 15 is 0 Å². The van der Waals surface area contributed by atoms with Crippen molar-refractivity contribution in [3.8, 4) is 0 Å². The zero-order valence-corrected chi connectivity index (χ0v) is 13.1. The fourth-order valence-electron chi connectivity index (χ4n) is 1.81. The van der Waals surface area contributed by atoms with Crippen LogP contribution in [0.4, 0.5) is 17.1 Å². The molecule has 112 valence electrons. The van der Waals surface area contributed by atoms with Crippen molar-refractivity contribution in [2.75, 3.05) is 30.0 Å². The van der Waals surface area contributed by atoms with Crippen molar-refractivity contribution in [2.45, 2.75) is 31.9 Å². The van der Waals surface area contributed by atoms with Gasteiger partial charge in [0.1, 0.15) is 11.4 Å². The fourth-order valence-corrected chi connectivity index (χ4v) is 2.17. The van der Waals surface area contributed by atoms with E-state index in [2.05, 4.69) is 23.8 Å². The minimum absolute atomic E-state index is 0.137. The number of nitro groups is 1. The van der Waals surface area contributed by atoms with Crippen LogP contribution < -0.4 is 10.6 Å². The molecule has 20 heavy (non-hydrogen) atoms. The van der Waals surface area contributed by atoms with Crippen LogP contribution in [-0.2, 0) is 0 Å². The summed E-state index contributed by atoms with van der Waals surface area (Å²) in [5.41, 5.74) is 1.31. The number of nitro benzene ring substituents is 1. The molecule has 0 heterocycles. The van der Waals surface area contributed by atoms with Gasteiger partial charge in [0.15, 0.2) is 0 Å². The molecule has 0 amide bonds. The molecular formula is C14H23N3O2S. The van der Waals surface area contributed by atoms with Crippen LogP contribution in [0.15, 0.2) is 18.2 Å². The Kier molecular flexibility index (Phi) is 7.22. The van der Waals surface area contributed by atoms with Gasteiger partial charge < -0.3 is 10.6 Å². The maximum absolute atomic E-state index is 11.3. The Hall–Kier alpha value is -1.43. The van der Waals surface area contributed by atoms with E-state index in [1.807, 2.05) is 13.0 Å². The third kappa shape index (κ3) is 4.92. The maximum Gasteiger partial charge on any atom is 0.315 e. The first-order valence-corrected chi connectivity index (χ1v) is 8.16. The normalized spacial score (nSPS) is 11.9. The Morgan fingerprint density at radius 1 is 1.30 bits per heavy atom. The number of thioether (sulfide) groups is 1. The summed E-state index contributed by atoms with van der Waals surface area (Å²) in [6.07, 6.45) is 3.98. The lowest BCUT2D eigenvalue weighted by Crippen LogP contribution is -2.10. The number of hydrogen-bond donors (Lipinski definition) is 2. The standard InChI is InChI=1S/C14H23N3O2S/c1-4-9-15-12-6-5-7-13(14(12)17(18)19)16-10-8-11(2)20-3/h5-7,11,15-16H,4,8-10H2,1-3H3. The molecule has 0 radical (unpaired) electrons. The van der Waals surface area contributed by atoms with Gasteiger partial charge in [0.05, 0.1) is 4.92 Å². The number of nitrogens with one attached hydrogen (secondary N) is 2. The van der Waals surface area contributed by atoms with Gasteiger partial charge in [0, 0.05) is 18.3 Å². The number of rotatable bonds is 9. The zero-order chi connectivity index (χ0) is 15.0. The molecule has 5 nitrogen and oxygen atoms in total. The van der Waals surface area contributed by atoms with Crippen molar-refractivity contribution >= 4 is 28.8 Å². The van der Waals surface area contributed by atoms with Gasteiger partial charge in [0.2, 0.25) is 0 Å². The van der Waals surface area contributed by atoms with E-state index in [0.29, 0.717) is 16.6 Å². The molecule has 6 heteroatoms. The first kappa shape index (κ1) is 16.6. The van der Waals surface area contributed by atoms with Gasteiger partial charge in [0.25, 0.3) is 0 Å². The number of para-hydroxylation sites is 1. The summed E-state index contributed by atoms with van der Waals surface area (Å²) >= 11 is 1.80. The van der Waals surface area contributed by atoms with E-state index in [4.69, 9.17) is 0 Å². The first-order chi connectivity index (χ1) is 9.60. The van der Waals surface area contributed by atoms with Gasteiger partial charge in [-0.15, -0.1) is 0 Å². The molecule has 1 aromatic rings. The van der Waals surface area contributed by atoms with E-state index in [1.54, 1.807) is 23.9 Å². The highest BCUT2D eigenvalue weighted by molar-refractivity contribution is 7.99. The molecule has 1 rings (SSSR count). The van der Waals surface area contributed by atoms with E-state index in [9.17, 15) is 10.1 Å². The molecule has 2 N–H and O–H groups in total. The second-order valence-corrected chi connectivity index (χ2v) is 5.92. The van der Waals surface area contributed by atoms with Crippen molar-refractivity contribution < 1.29 is 4.92 Å². The quantitative estimate of drug-likeness (QED) is 0.533. The summed E-state index contributed by atoms with van der Waals surface area (Å²) in [6, 6.07) is 5.35. The summed E-state index contributed by atoms with van der Waals surface area (Å²) < 4.78 is 0. The smallest absolute Gasteiger partial charge is 0.315 e. The SMILES string of the molecule is CCCNc1cccc(NCCC(C)SC)c1[N+](=O)[O-]. The van der Waals surface area contributed by atoms with Crippen molar-refractivity contribution in [1.29, 1.82) is 0 Å². The molecule has 0 aliphatic rings. The van der Waals surface area contributed by atoms with Crippen LogP contribution in [0.2, 0.25) is 0 Å². The van der Waals surface area contributed by atoms with Crippen molar-refractivity contribution in [3.63, 3.8) is 0 Å². The second-order valence-electron chi connectivity index (χ2n) is 4.65. The Labute approximate surface area is 124 Å². The minimum Gasteiger partial charge on any atom is -0.379 e. The second kappa shape index (κ2) is 8.68. The Morgan fingerprint density at radius 3 is 2.40 bits per heavy atom. The van der Waals surface area contributed by atoms with Crippen LogP contribution in [0.5, 0.6) is 0 Å². The van der Waals surface area contributed by atoms with Gasteiger partial charge in [-0.3, -0.25) is 10.1 Å². The predicted octanol–water partition coefficient (Wildman–Crippen LogP) is 3.97. The van der Waals surface area contributed by atoms with Gasteiger partial charge >= 0.3 is 5.69 Å². The van der Waals surface area contributed by atoms with Gasteiger partial charge in [-0.1, -0.05) is 19.9 Å². The number of benzene rings is 1. The highest BCUT2D eigenvalue weighted by Gasteiger charge is 2.19. The lowest BCUT2D eigenvalue weighted by atomic mass is 10.2. The van der Waals surface area contributed by atoms with Crippen molar-refractivity contribution in [3.05, 3.63) is 28.3 Å². The molecule has 0 saturated carbocycles. The third-order valence-corrected chi connectivity index (χ3v) is 4.09. The molecule has 0 saturated heterocycles. The Morgan fingerprint density at radius 2 is 1.90 bits per heavy atom. The predicted molar refractivity (Wildman–Crippen MR) is 88.0 cm³/mol. The van der Waals surface area contributed by atoms with E-state index in [1.165, 1.54) is 0 Å². The molecular weight excluding hydrogens is 274 g/mol. The average Bonchev–Trinajstić information content (AvgIpc) is 2.44. The van der Waals surface area contributed by atoms with Crippen LogP contribution in [0.25, 0.3) is 0 Å². The average molecular weight is 297 g/mol. The highest BCUT2D eigenvalue weighted by Crippen LogP contribution is 2.32. The molecule has 0 bridgehead atoms. The van der Waals surface area contributed by atoms with Crippen molar-refractivity contribution in [2.24, 2.45) is 0 Å². The minimum atomic E-state index is -0.321. The molecule has 0 aromatic heterocycles. The summed E-state index contributed by atoms with van der Waals surface area (Å²) in [6.45, 7) is 5.65. The van der Waals surface area contributed by atoms with E-state index in [-0.39, 0.29) is 10.6 Å². The van der Waals surface area contributed by atoms with Crippen LogP contribution in [0.3, 0.4) is 0 Å². The lowest BCUT2D eigenvalue weighted by molar-refractivity contribution is -0.383. The highest BCUT2D eigenvalue weighted by atomic mass is 32.2. The summed E-state index contributed by atoms with van der Waals surface area (Å²) in [4.78, 5) is 11.0. The van der Waals surface area contributed by atoms with Crippen LogP contribution >= 0.6 is 11.8 Å². The topological polar surface area (TPSA) is 67.2 Å². The molecule has 1 unspecified atom stereocenters. The monoisotopic (exact) mass is 297 g/mol. The number of hydrogen-bond acceptors (Lipinski definition) is 5. The number of anilines is 2. The molecule has 0 aliphatic heterocycles. The van der Waals surface area contributed by atoms with Crippen LogP contribution in [0.1, 0.15) is 26.7 Å².